The quantitative estimate of drug-likeness (QED) is 0.382. The van der Waals surface area contributed by atoms with Gasteiger partial charge in [-0.15, -0.1) is 22.7 Å². The molecule has 0 bridgehead atoms. The molecule has 2 atom stereocenters. The maximum Gasteiger partial charge on any atom is 0.264 e. The predicted molar refractivity (Wildman–Crippen MR) is 134 cm³/mol. The molecule has 1 aliphatic heterocycles. The van der Waals surface area contributed by atoms with E-state index in [1.807, 2.05) is 27.8 Å². The van der Waals surface area contributed by atoms with Crippen LogP contribution in [0.25, 0.3) is 0 Å². The maximum absolute atomic E-state index is 13.6. The van der Waals surface area contributed by atoms with E-state index < -0.39 is 0 Å². The fraction of sp³-hybridized carbons (Fsp3) is 0.385. The highest BCUT2D eigenvalue weighted by molar-refractivity contribution is 7.12. The van der Waals surface area contributed by atoms with Crippen molar-refractivity contribution in [2.45, 2.75) is 32.7 Å². The Balaban J connectivity index is 1.53. The lowest BCUT2D eigenvalue weighted by Crippen LogP contribution is -2.48. The van der Waals surface area contributed by atoms with Crippen molar-refractivity contribution in [2.24, 2.45) is 5.92 Å². The van der Waals surface area contributed by atoms with Crippen molar-refractivity contribution in [1.29, 1.82) is 0 Å². The van der Waals surface area contributed by atoms with Gasteiger partial charge in [0.2, 0.25) is 5.91 Å². The molecular formula is C26H29FN2O3S2. The molecule has 1 aliphatic rings. The summed E-state index contributed by atoms with van der Waals surface area (Å²) in [7, 11) is 0. The number of ether oxygens (including phenoxy) is 1. The molecule has 0 radical (unpaired) electrons. The fourth-order valence-corrected chi connectivity index (χ4v) is 5.76. The van der Waals surface area contributed by atoms with Gasteiger partial charge in [0.1, 0.15) is 24.7 Å². The van der Waals surface area contributed by atoms with E-state index in [2.05, 4.69) is 13.8 Å². The first kappa shape index (κ1) is 24.4. The molecule has 34 heavy (non-hydrogen) atoms. The Morgan fingerprint density at radius 2 is 2.06 bits per heavy atom. The van der Waals surface area contributed by atoms with Gasteiger partial charge < -0.3 is 14.5 Å². The Hall–Kier alpha value is -2.71. The second-order valence-corrected chi connectivity index (χ2v) is 10.5. The van der Waals surface area contributed by atoms with Crippen LogP contribution < -0.4 is 4.74 Å². The number of halogens is 1. The molecule has 0 N–H and O–H groups in total. The molecule has 0 aliphatic carbocycles. The highest BCUT2D eigenvalue weighted by Gasteiger charge is 2.34. The summed E-state index contributed by atoms with van der Waals surface area (Å²) in [4.78, 5) is 32.1. The lowest BCUT2D eigenvalue weighted by Gasteiger charge is -2.37. The minimum Gasteiger partial charge on any atom is -0.491 e. The van der Waals surface area contributed by atoms with E-state index in [4.69, 9.17) is 4.74 Å². The average Bonchev–Trinajstić information content (AvgIpc) is 3.53. The molecule has 0 unspecified atom stereocenters. The van der Waals surface area contributed by atoms with Crippen LogP contribution in [0.15, 0.2) is 53.2 Å². The van der Waals surface area contributed by atoms with Gasteiger partial charge in [-0.05, 0) is 52.9 Å². The summed E-state index contributed by atoms with van der Waals surface area (Å²) in [6.07, 6.45) is 1.70. The third-order valence-electron chi connectivity index (χ3n) is 6.19. The van der Waals surface area contributed by atoms with Crippen LogP contribution in [-0.4, -0.2) is 47.9 Å². The van der Waals surface area contributed by atoms with E-state index >= 15 is 0 Å². The van der Waals surface area contributed by atoms with Gasteiger partial charge in [-0.2, -0.15) is 0 Å². The van der Waals surface area contributed by atoms with Crippen molar-refractivity contribution in [3.63, 3.8) is 0 Å². The summed E-state index contributed by atoms with van der Waals surface area (Å²) in [6.45, 7) is 5.52. The first-order valence-electron chi connectivity index (χ1n) is 11.5. The molecule has 180 valence electrons. The molecule has 2 aromatic heterocycles. The van der Waals surface area contributed by atoms with Crippen molar-refractivity contribution >= 4 is 34.5 Å². The van der Waals surface area contributed by atoms with Gasteiger partial charge in [0.05, 0.1) is 10.9 Å². The van der Waals surface area contributed by atoms with Crippen molar-refractivity contribution in [3.8, 4) is 5.75 Å². The van der Waals surface area contributed by atoms with Crippen LogP contribution in [0.5, 0.6) is 5.75 Å². The van der Waals surface area contributed by atoms with Gasteiger partial charge in [-0.25, -0.2) is 4.39 Å². The number of benzene rings is 1. The van der Waals surface area contributed by atoms with E-state index in [0.717, 1.165) is 18.4 Å². The Morgan fingerprint density at radius 1 is 1.21 bits per heavy atom. The number of carbonyl (C=O) groups excluding carboxylic acids is 2. The van der Waals surface area contributed by atoms with Crippen LogP contribution in [-0.2, 0) is 11.2 Å². The van der Waals surface area contributed by atoms with Gasteiger partial charge in [0, 0.05) is 24.0 Å². The van der Waals surface area contributed by atoms with Crippen molar-refractivity contribution in [1.82, 2.24) is 9.80 Å². The monoisotopic (exact) mass is 500 g/mol. The van der Waals surface area contributed by atoms with Gasteiger partial charge in [-0.1, -0.05) is 32.4 Å². The van der Waals surface area contributed by atoms with Crippen LogP contribution in [0.2, 0.25) is 0 Å². The molecule has 5 nitrogen and oxygen atoms in total. The summed E-state index contributed by atoms with van der Waals surface area (Å²) in [5.74, 6) is 0.148. The Morgan fingerprint density at radius 3 is 2.79 bits per heavy atom. The molecule has 2 amide bonds. The Labute approximate surface area is 207 Å². The Bertz CT molecular complexity index is 1110. The first-order valence-corrected chi connectivity index (χ1v) is 13.3. The van der Waals surface area contributed by atoms with E-state index in [-0.39, 0.29) is 42.7 Å². The molecule has 3 aromatic rings. The number of rotatable bonds is 9. The molecule has 0 fully saturated rings. The maximum atomic E-state index is 13.6. The van der Waals surface area contributed by atoms with Gasteiger partial charge in [0.15, 0.2) is 0 Å². The second kappa shape index (κ2) is 11.1. The minimum absolute atomic E-state index is 0.0248. The number of amides is 2. The van der Waals surface area contributed by atoms with Gasteiger partial charge in [-0.3, -0.25) is 9.59 Å². The van der Waals surface area contributed by atoms with Crippen LogP contribution >= 0.6 is 22.7 Å². The summed E-state index contributed by atoms with van der Waals surface area (Å²) in [5.41, 5.74) is 1.07. The topological polar surface area (TPSA) is 49.9 Å². The lowest BCUT2D eigenvalue weighted by molar-refractivity contribution is -0.135. The van der Waals surface area contributed by atoms with Gasteiger partial charge >= 0.3 is 0 Å². The fourth-order valence-electron chi connectivity index (χ4n) is 4.14. The second-order valence-electron chi connectivity index (χ2n) is 8.60. The van der Waals surface area contributed by atoms with Crippen LogP contribution in [0, 0.1) is 11.7 Å². The zero-order valence-corrected chi connectivity index (χ0v) is 21.0. The number of carbonyl (C=O) groups is 2. The van der Waals surface area contributed by atoms with Crippen LogP contribution in [0.3, 0.4) is 0 Å². The molecule has 4 rings (SSSR count). The average molecular weight is 501 g/mol. The molecule has 0 saturated carbocycles. The largest absolute Gasteiger partial charge is 0.491 e. The van der Waals surface area contributed by atoms with Crippen molar-refractivity contribution in [2.75, 3.05) is 26.2 Å². The summed E-state index contributed by atoms with van der Waals surface area (Å²) in [5, 5.41) is 3.91. The van der Waals surface area contributed by atoms with E-state index in [0.29, 0.717) is 23.7 Å². The zero-order valence-electron chi connectivity index (χ0n) is 19.4. The van der Waals surface area contributed by atoms with E-state index in [1.54, 1.807) is 34.4 Å². The predicted octanol–water partition coefficient (Wildman–Crippen LogP) is 5.64. The number of nitrogens with zero attached hydrogens (tertiary/aromatic N) is 2. The molecule has 1 aromatic carbocycles. The van der Waals surface area contributed by atoms with Crippen molar-refractivity contribution < 1.29 is 18.7 Å². The summed E-state index contributed by atoms with van der Waals surface area (Å²) >= 11 is 3.07. The standard InChI is InChI=1S/C26H29FN2O3S2/c1-3-18(2)15-28(26(31)24-8-5-12-33-24)16-25(30)29-11-9-23-21(10-13-34-23)22(29)17-32-20-7-4-6-19(27)14-20/h4-8,10,12-14,18,22H,3,9,11,15-17H2,1-2H3/t18-,22-/m0/s1. The Kier molecular flexibility index (Phi) is 8.00. The highest BCUT2D eigenvalue weighted by atomic mass is 32.1. The molecule has 3 heterocycles. The molecule has 0 saturated heterocycles. The van der Waals surface area contributed by atoms with Gasteiger partial charge in [0.25, 0.3) is 5.91 Å². The minimum atomic E-state index is -0.363. The number of fused-ring (bicyclic) bond motifs is 1. The SMILES string of the molecule is CC[C@H](C)CN(CC(=O)N1CCc2sccc2[C@@H]1COc1cccc(F)c1)C(=O)c1cccs1. The van der Waals surface area contributed by atoms with E-state index in [9.17, 15) is 14.0 Å². The van der Waals surface area contributed by atoms with Crippen LogP contribution in [0.1, 0.15) is 46.4 Å². The lowest BCUT2D eigenvalue weighted by atomic mass is 10.00. The number of hydrogen-bond donors (Lipinski definition) is 0. The zero-order chi connectivity index (χ0) is 24.1. The van der Waals surface area contributed by atoms with E-state index in [1.165, 1.54) is 28.3 Å². The smallest absolute Gasteiger partial charge is 0.264 e. The van der Waals surface area contributed by atoms with Crippen LogP contribution in [0.4, 0.5) is 4.39 Å². The normalized spacial score (nSPS) is 16.1. The molecule has 0 spiro atoms. The number of hydrogen-bond acceptors (Lipinski definition) is 5. The molecule has 8 heteroatoms. The third kappa shape index (κ3) is 5.67. The third-order valence-corrected chi connectivity index (χ3v) is 8.05. The molecular weight excluding hydrogens is 471 g/mol. The van der Waals surface area contributed by atoms with Crippen molar-refractivity contribution in [3.05, 3.63) is 74.4 Å². The summed E-state index contributed by atoms with van der Waals surface area (Å²) in [6, 6.07) is 11.4. The first-order chi connectivity index (χ1) is 16.5. The highest BCUT2D eigenvalue weighted by Crippen LogP contribution is 2.34. The number of thiophene rings is 2. The summed E-state index contributed by atoms with van der Waals surface area (Å²) < 4.78 is 19.5.